The number of ketones is 1. The van der Waals surface area contributed by atoms with E-state index in [0.717, 1.165) is 32.1 Å². The number of aryl methyl sites for hydroxylation is 1. The SMILES string of the molecule is Cc1cc(-c2cccc(Cl)c2F)cc(C(=O)CNS(=O)(=O)CC2CCCCC2)c1F. The van der Waals surface area contributed by atoms with Crippen LogP contribution in [0.15, 0.2) is 30.3 Å². The van der Waals surface area contributed by atoms with Crippen LogP contribution in [0.2, 0.25) is 5.02 Å². The summed E-state index contributed by atoms with van der Waals surface area (Å²) in [5, 5.41) is -0.0853. The fourth-order valence-electron chi connectivity index (χ4n) is 3.85. The molecule has 162 valence electrons. The molecule has 0 saturated heterocycles. The Hall–Kier alpha value is -1.83. The molecule has 1 N–H and O–H groups in total. The standard InChI is InChI=1S/C22H24ClF2NO3S/c1-14-10-16(17-8-5-9-19(23)22(17)25)11-18(21(14)24)20(27)12-26-30(28,29)13-15-6-3-2-4-7-15/h5,8-11,15,26H,2-4,6-7,12-13H2,1H3. The van der Waals surface area contributed by atoms with Crippen LogP contribution in [0.5, 0.6) is 0 Å². The molecule has 0 bridgehead atoms. The molecule has 8 heteroatoms. The van der Waals surface area contributed by atoms with E-state index in [2.05, 4.69) is 4.72 Å². The van der Waals surface area contributed by atoms with E-state index in [1.165, 1.54) is 31.2 Å². The molecule has 3 rings (SSSR count). The molecule has 30 heavy (non-hydrogen) atoms. The molecule has 4 nitrogen and oxygen atoms in total. The molecule has 1 saturated carbocycles. The minimum Gasteiger partial charge on any atom is -0.293 e. The highest BCUT2D eigenvalue weighted by Crippen LogP contribution is 2.30. The fourth-order valence-corrected chi connectivity index (χ4v) is 5.45. The number of rotatable bonds is 7. The quantitative estimate of drug-likeness (QED) is 0.578. The average molecular weight is 456 g/mol. The van der Waals surface area contributed by atoms with E-state index in [-0.39, 0.29) is 33.4 Å². The first-order valence-corrected chi connectivity index (χ1v) is 12.0. The molecule has 0 atom stereocenters. The Morgan fingerprint density at radius 1 is 1.13 bits per heavy atom. The van der Waals surface area contributed by atoms with Crippen molar-refractivity contribution in [1.82, 2.24) is 4.72 Å². The van der Waals surface area contributed by atoms with Crippen LogP contribution in [0.25, 0.3) is 11.1 Å². The Bertz CT molecular complexity index is 1050. The van der Waals surface area contributed by atoms with Crippen molar-refractivity contribution in [3.63, 3.8) is 0 Å². The third kappa shape index (κ3) is 5.45. The second kappa shape index (κ2) is 9.54. The lowest BCUT2D eigenvalue weighted by Gasteiger charge is -2.21. The summed E-state index contributed by atoms with van der Waals surface area (Å²) >= 11 is 5.82. The van der Waals surface area contributed by atoms with Gasteiger partial charge >= 0.3 is 0 Å². The van der Waals surface area contributed by atoms with Gasteiger partial charge in [0.1, 0.15) is 11.6 Å². The van der Waals surface area contributed by atoms with Crippen LogP contribution >= 0.6 is 11.6 Å². The van der Waals surface area contributed by atoms with Gasteiger partial charge in [-0.2, -0.15) is 0 Å². The van der Waals surface area contributed by atoms with Gasteiger partial charge in [0.2, 0.25) is 10.0 Å². The van der Waals surface area contributed by atoms with Gasteiger partial charge in [0, 0.05) is 5.56 Å². The van der Waals surface area contributed by atoms with E-state index in [9.17, 15) is 22.0 Å². The van der Waals surface area contributed by atoms with E-state index in [1.807, 2.05) is 0 Å². The highest BCUT2D eigenvalue weighted by molar-refractivity contribution is 7.89. The second-order valence-electron chi connectivity index (χ2n) is 7.79. The van der Waals surface area contributed by atoms with Gasteiger partial charge < -0.3 is 0 Å². The number of hydrogen-bond donors (Lipinski definition) is 1. The third-order valence-corrected chi connectivity index (χ3v) is 7.24. The van der Waals surface area contributed by atoms with Gasteiger partial charge in [-0.3, -0.25) is 4.79 Å². The Morgan fingerprint density at radius 3 is 2.53 bits per heavy atom. The zero-order valence-corrected chi connectivity index (χ0v) is 18.3. The van der Waals surface area contributed by atoms with Crippen molar-refractivity contribution in [2.24, 2.45) is 5.92 Å². The van der Waals surface area contributed by atoms with Crippen molar-refractivity contribution in [3.05, 3.63) is 58.1 Å². The van der Waals surface area contributed by atoms with E-state index in [4.69, 9.17) is 11.6 Å². The summed E-state index contributed by atoms with van der Waals surface area (Å²) in [6.07, 6.45) is 4.85. The summed E-state index contributed by atoms with van der Waals surface area (Å²) in [5.74, 6) is -2.09. The maximum absolute atomic E-state index is 14.6. The molecule has 2 aromatic rings. The van der Waals surface area contributed by atoms with Crippen LogP contribution < -0.4 is 4.72 Å². The smallest absolute Gasteiger partial charge is 0.212 e. The molecular weight excluding hydrogens is 432 g/mol. The summed E-state index contributed by atoms with van der Waals surface area (Å²) in [7, 11) is -3.65. The van der Waals surface area contributed by atoms with Crippen molar-refractivity contribution in [3.8, 4) is 11.1 Å². The molecule has 0 unspecified atom stereocenters. The van der Waals surface area contributed by atoms with Crippen molar-refractivity contribution in [2.45, 2.75) is 39.0 Å². The van der Waals surface area contributed by atoms with E-state index < -0.39 is 34.0 Å². The first-order chi connectivity index (χ1) is 14.2. The zero-order chi connectivity index (χ0) is 21.9. The van der Waals surface area contributed by atoms with Gasteiger partial charge in [-0.1, -0.05) is 43.0 Å². The van der Waals surface area contributed by atoms with Gasteiger partial charge in [-0.05, 0) is 55.0 Å². The number of Topliss-reactive ketones (excluding diaryl/α,β-unsaturated/α-hetero) is 1. The largest absolute Gasteiger partial charge is 0.293 e. The molecule has 1 aliphatic carbocycles. The molecule has 0 spiro atoms. The monoisotopic (exact) mass is 455 g/mol. The van der Waals surface area contributed by atoms with Gasteiger partial charge in [0.05, 0.1) is 22.9 Å². The average Bonchev–Trinajstić information content (AvgIpc) is 2.71. The highest BCUT2D eigenvalue weighted by atomic mass is 35.5. The predicted molar refractivity (Wildman–Crippen MR) is 114 cm³/mol. The van der Waals surface area contributed by atoms with Crippen molar-refractivity contribution >= 4 is 27.4 Å². The topological polar surface area (TPSA) is 63.2 Å². The van der Waals surface area contributed by atoms with Crippen LogP contribution in [0.3, 0.4) is 0 Å². The molecule has 1 fully saturated rings. The van der Waals surface area contributed by atoms with Crippen molar-refractivity contribution < 1.29 is 22.0 Å². The molecular formula is C22H24ClF2NO3S. The number of nitrogens with one attached hydrogen (secondary N) is 1. The number of halogens is 3. The van der Waals surface area contributed by atoms with Gasteiger partial charge in [0.15, 0.2) is 5.78 Å². The van der Waals surface area contributed by atoms with Crippen molar-refractivity contribution in [1.29, 1.82) is 0 Å². The minimum absolute atomic E-state index is 0.0322. The Labute approximate surface area is 180 Å². The van der Waals surface area contributed by atoms with E-state index in [1.54, 1.807) is 6.07 Å². The lowest BCUT2D eigenvalue weighted by Crippen LogP contribution is -2.34. The minimum atomic E-state index is -3.65. The first-order valence-electron chi connectivity index (χ1n) is 9.93. The molecule has 0 amide bonds. The van der Waals surface area contributed by atoms with Gasteiger partial charge in [-0.25, -0.2) is 21.9 Å². The Balaban J connectivity index is 1.78. The maximum atomic E-state index is 14.6. The number of carbonyl (C=O) groups excluding carboxylic acids is 1. The summed E-state index contributed by atoms with van der Waals surface area (Å²) < 4.78 is 55.9. The maximum Gasteiger partial charge on any atom is 0.212 e. The zero-order valence-electron chi connectivity index (χ0n) is 16.7. The van der Waals surface area contributed by atoms with Crippen LogP contribution in [0.4, 0.5) is 8.78 Å². The van der Waals surface area contributed by atoms with Crippen LogP contribution in [0.1, 0.15) is 48.0 Å². The van der Waals surface area contributed by atoms with Gasteiger partial charge in [0.25, 0.3) is 0 Å². The van der Waals surface area contributed by atoms with Crippen LogP contribution in [-0.2, 0) is 10.0 Å². The molecule has 1 aliphatic rings. The van der Waals surface area contributed by atoms with E-state index >= 15 is 0 Å². The number of carbonyl (C=O) groups is 1. The summed E-state index contributed by atoms with van der Waals surface area (Å²) in [6, 6.07) is 7.09. The second-order valence-corrected chi connectivity index (χ2v) is 10.0. The van der Waals surface area contributed by atoms with Gasteiger partial charge in [-0.15, -0.1) is 0 Å². The van der Waals surface area contributed by atoms with Crippen molar-refractivity contribution in [2.75, 3.05) is 12.3 Å². The molecule has 0 aliphatic heterocycles. The first kappa shape index (κ1) is 22.8. The van der Waals surface area contributed by atoms with Crippen LogP contribution in [-0.4, -0.2) is 26.5 Å². The summed E-state index contributed by atoms with van der Waals surface area (Å²) in [5.41, 5.74) is 0.296. The number of hydrogen-bond acceptors (Lipinski definition) is 3. The van der Waals surface area contributed by atoms with Crippen LogP contribution in [0, 0.1) is 24.5 Å². The third-order valence-electron chi connectivity index (χ3n) is 5.45. The molecule has 0 aromatic heterocycles. The summed E-state index contributed by atoms with van der Waals surface area (Å²) in [4.78, 5) is 12.6. The molecule has 0 heterocycles. The normalized spacial score (nSPS) is 15.3. The Kier molecular flexibility index (Phi) is 7.26. The fraction of sp³-hybridized carbons (Fsp3) is 0.409. The summed E-state index contributed by atoms with van der Waals surface area (Å²) in [6.45, 7) is 0.915. The molecule has 2 aromatic carbocycles. The van der Waals surface area contributed by atoms with E-state index in [0.29, 0.717) is 5.56 Å². The Morgan fingerprint density at radius 2 is 1.83 bits per heavy atom. The lowest BCUT2D eigenvalue weighted by molar-refractivity contribution is 0.0993. The number of benzene rings is 2. The predicted octanol–water partition coefficient (Wildman–Crippen LogP) is 5.28. The highest BCUT2D eigenvalue weighted by Gasteiger charge is 2.23. The molecule has 0 radical (unpaired) electrons. The lowest BCUT2D eigenvalue weighted by atomic mass is 9.91. The number of sulfonamides is 1.